The second kappa shape index (κ2) is 8.06. The van der Waals surface area contributed by atoms with E-state index < -0.39 is 5.97 Å². The van der Waals surface area contributed by atoms with Crippen LogP contribution < -0.4 is 28.6 Å². The minimum atomic E-state index is -0.512. The number of nitrogens with zero attached hydrogens (tertiary/aromatic N) is 1. The van der Waals surface area contributed by atoms with Crippen molar-refractivity contribution in [1.82, 2.24) is 0 Å². The standard InChI is InChI=1S/C23H21NO7/c1-13(26)31-22-16(7-8-18(27-3)23(22)28-4)15-6-5-14-9-19-20(30-12-29-19)10-17(14)21(15)24(2)11-25/h5-11H,12H2,1-4H3. The Morgan fingerprint density at radius 3 is 2.35 bits per heavy atom. The topological polar surface area (TPSA) is 83.5 Å². The average Bonchev–Trinajstić information content (AvgIpc) is 3.23. The molecule has 0 aromatic heterocycles. The SMILES string of the molecule is COc1ccc(-c2ccc3cc4c(cc3c2N(C)C=O)OCO4)c(OC(C)=O)c1OC. The second-order valence-electron chi connectivity index (χ2n) is 6.88. The maximum Gasteiger partial charge on any atom is 0.308 e. The normalized spacial score (nSPS) is 11.9. The van der Waals surface area contributed by atoms with Gasteiger partial charge in [-0.1, -0.05) is 12.1 Å². The molecule has 3 aromatic rings. The van der Waals surface area contributed by atoms with Crippen LogP contribution in [0.1, 0.15) is 6.92 Å². The summed E-state index contributed by atoms with van der Waals surface area (Å²) in [7, 11) is 4.62. The summed E-state index contributed by atoms with van der Waals surface area (Å²) in [5, 5.41) is 1.64. The zero-order valence-corrected chi connectivity index (χ0v) is 17.6. The van der Waals surface area contributed by atoms with Crippen molar-refractivity contribution in [3.63, 3.8) is 0 Å². The van der Waals surface area contributed by atoms with Crippen molar-refractivity contribution < 1.29 is 33.3 Å². The average molecular weight is 423 g/mol. The first-order valence-corrected chi connectivity index (χ1v) is 9.46. The molecule has 4 rings (SSSR count). The van der Waals surface area contributed by atoms with Gasteiger partial charge in [-0.2, -0.15) is 0 Å². The monoisotopic (exact) mass is 423 g/mol. The van der Waals surface area contributed by atoms with Crippen LogP contribution in [0.25, 0.3) is 21.9 Å². The van der Waals surface area contributed by atoms with Crippen LogP contribution in [0, 0.1) is 0 Å². The Hall–Kier alpha value is -3.94. The summed E-state index contributed by atoms with van der Waals surface area (Å²) in [4.78, 5) is 25.1. The number of ether oxygens (including phenoxy) is 5. The number of hydrogen-bond donors (Lipinski definition) is 0. The van der Waals surface area contributed by atoms with E-state index >= 15 is 0 Å². The van der Waals surface area contributed by atoms with E-state index in [1.165, 1.54) is 26.0 Å². The van der Waals surface area contributed by atoms with Crippen molar-refractivity contribution in [2.24, 2.45) is 0 Å². The van der Waals surface area contributed by atoms with E-state index in [0.29, 0.717) is 34.1 Å². The van der Waals surface area contributed by atoms with Gasteiger partial charge in [0, 0.05) is 30.5 Å². The number of carbonyl (C=O) groups is 2. The van der Waals surface area contributed by atoms with Crippen LogP contribution in [0.5, 0.6) is 28.7 Å². The van der Waals surface area contributed by atoms with Crippen LogP contribution in [0.2, 0.25) is 0 Å². The zero-order valence-electron chi connectivity index (χ0n) is 17.6. The van der Waals surface area contributed by atoms with Gasteiger partial charge in [0.15, 0.2) is 23.0 Å². The van der Waals surface area contributed by atoms with Crippen LogP contribution in [0.4, 0.5) is 5.69 Å². The molecule has 0 fully saturated rings. The molecule has 31 heavy (non-hydrogen) atoms. The first kappa shape index (κ1) is 20.3. The number of benzene rings is 3. The molecule has 1 amide bonds. The van der Waals surface area contributed by atoms with Crippen molar-refractivity contribution in [2.75, 3.05) is 33.0 Å². The van der Waals surface area contributed by atoms with Crippen LogP contribution in [-0.4, -0.2) is 40.4 Å². The first-order chi connectivity index (χ1) is 15.0. The first-order valence-electron chi connectivity index (χ1n) is 9.46. The van der Waals surface area contributed by atoms with Gasteiger partial charge < -0.3 is 28.6 Å². The van der Waals surface area contributed by atoms with Gasteiger partial charge in [-0.05, 0) is 29.7 Å². The van der Waals surface area contributed by atoms with Gasteiger partial charge in [-0.3, -0.25) is 9.59 Å². The highest BCUT2D eigenvalue weighted by Crippen LogP contribution is 2.49. The van der Waals surface area contributed by atoms with Crippen molar-refractivity contribution in [3.8, 4) is 39.9 Å². The smallest absolute Gasteiger partial charge is 0.308 e. The van der Waals surface area contributed by atoms with Crippen molar-refractivity contribution in [1.29, 1.82) is 0 Å². The Kier molecular flexibility index (Phi) is 5.29. The van der Waals surface area contributed by atoms with Crippen molar-refractivity contribution in [2.45, 2.75) is 6.92 Å². The van der Waals surface area contributed by atoms with Gasteiger partial charge in [0.25, 0.3) is 0 Å². The van der Waals surface area contributed by atoms with E-state index in [4.69, 9.17) is 23.7 Å². The molecular formula is C23H21NO7. The molecule has 1 heterocycles. The fourth-order valence-electron chi connectivity index (χ4n) is 3.70. The van der Waals surface area contributed by atoms with Gasteiger partial charge in [0.2, 0.25) is 19.0 Å². The molecule has 0 saturated carbocycles. The molecule has 0 spiro atoms. The number of methoxy groups -OCH3 is 2. The minimum Gasteiger partial charge on any atom is -0.493 e. The lowest BCUT2D eigenvalue weighted by Crippen LogP contribution is -2.15. The Morgan fingerprint density at radius 2 is 1.71 bits per heavy atom. The summed E-state index contributed by atoms with van der Waals surface area (Å²) < 4.78 is 27.4. The summed E-state index contributed by atoms with van der Waals surface area (Å²) in [5.41, 5.74) is 1.85. The minimum absolute atomic E-state index is 0.143. The van der Waals surface area contributed by atoms with Crippen LogP contribution in [0.15, 0.2) is 36.4 Å². The van der Waals surface area contributed by atoms with E-state index in [9.17, 15) is 9.59 Å². The lowest BCUT2D eigenvalue weighted by molar-refractivity contribution is -0.132. The van der Waals surface area contributed by atoms with Crippen LogP contribution in [-0.2, 0) is 9.59 Å². The van der Waals surface area contributed by atoms with E-state index in [1.807, 2.05) is 24.3 Å². The van der Waals surface area contributed by atoms with Gasteiger partial charge >= 0.3 is 5.97 Å². The Morgan fingerprint density at radius 1 is 1.00 bits per heavy atom. The summed E-state index contributed by atoms with van der Waals surface area (Å²) >= 11 is 0. The molecule has 1 aliphatic rings. The fraction of sp³-hybridized carbons (Fsp3) is 0.217. The maximum atomic E-state index is 11.9. The molecule has 0 radical (unpaired) electrons. The van der Waals surface area contributed by atoms with Crippen LogP contribution >= 0.6 is 0 Å². The molecule has 1 aliphatic heterocycles. The van der Waals surface area contributed by atoms with Crippen molar-refractivity contribution >= 4 is 28.8 Å². The molecule has 0 saturated heterocycles. The Balaban J connectivity index is 2.05. The number of esters is 1. The molecular weight excluding hydrogens is 402 g/mol. The number of fused-ring (bicyclic) bond motifs is 2. The third kappa shape index (κ3) is 3.46. The third-order valence-corrected chi connectivity index (χ3v) is 5.03. The van der Waals surface area contributed by atoms with Crippen molar-refractivity contribution in [3.05, 3.63) is 36.4 Å². The van der Waals surface area contributed by atoms with Gasteiger partial charge in [-0.25, -0.2) is 0 Å². The summed E-state index contributed by atoms with van der Waals surface area (Å²) in [5.74, 6) is 1.62. The van der Waals surface area contributed by atoms with Gasteiger partial charge in [0.05, 0.1) is 19.9 Å². The molecule has 0 bridgehead atoms. The highest BCUT2D eigenvalue weighted by molar-refractivity contribution is 6.07. The third-order valence-electron chi connectivity index (χ3n) is 5.03. The molecule has 0 aliphatic carbocycles. The Bertz CT molecular complexity index is 1190. The molecule has 160 valence electrons. The summed E-state index contributed by atoms with van der Waals surface area (Å²) in [6, 6.07) is 10.9. The van der Waals surface area contributed by atoms with E-state index in [-0.39, 0.29) is 18.3 Å². The summed E-state index contributed by atoms with van der Waals surface area (Å²) in [6.45, 7) is 1.45. The number of amides is 1. The molecule has 8 heteroatoms. The maximum absolute atomic E-state index is 11.9. The fourth-order valence-corrected chi connectivity index (χ4v) is 3.70. The molecule has 0 unspecified atom stereocenters. The predicted molar refractivity (Wildman–Crippen MR) is 114 cm³/mol. The lowest BCUT2D eigenvalue weighted by atomic mass is 9.96. The highest BCUT2D eigenvalue weighted by Gasteiger charge is 2.24. The number of hydrogen-bond acceptors (Lipinski definition) is 7. The predicted octanol–water partition coefficient (Wildman–Crippen LogP) is 3.77. The Labute approximate surface area is 178 Å². The van der Waals surface area contributed by atoms with Gasteiger partial charge in [-0.15, -0.1) is 0 Å². The summed E-state index contributed by atoms with van der Waals surface area (Å²) in [6.07, 6.45) is 0.717. The zero-order chi connectivity index (χ0) is 22.1. The molecule has 0 atom stereocenters. The number of anilines is 1. The number of rotatable bonds is 6. The largest absolute Gasteiger partial charge is 0.493 e. The molecule has 3 aromatic carbocycles. The molecule has 8 nitrogen and oxygen atoms in total. The highest BCUT2D eigenvalue weighted by atomic mass is 16.7. The van der Waals surface area contributed by atoms with E-state index in [0.717, 1.165) is 17.2 Å². The van der Waals surface area contributed by atoms with Crippen LogP contribution in [0.3, 0.4) is 0 Å². The van der Waals surface area contributed by atoms with E-state index in [2.05, 4.69) is 0 Å². The lowest BCUT2D eigenvalue weighted by Gasteiger charge is -2.22. The quantitative estimate of drug-likeness (QED) is 0.339. The number of carbonyl (C=O) groups excluding carboxylic acids is 2. The van der Waals surface area contributed by atoms with E-state index in [1.54, 1.807) is 19.2 Å². The van der Waals surface area contributed by atoms with Gasteiger partial charge in [0.1, 0.15) is 0 Å². The second-order valence-corrected chi connectivity index (χ2v) is 6.88. The molecule has 0 N–H and O–H groups in total.